The lowest BCUT2D eigenvalue weighted by Crippen LogP contribution is -2.41. The van der Waals surface area contributed by atoms with E-state index in [9.17, 15) is 0 Å². The van der Waals surface area contributed by atoms with Gasteiger partial charge in [0, 0.05) is 25.2 Å². The summed E-state index contributed by atoms with van der Waals surface area (Å²) in [6.07, 6.45) is 0.837. The van der Waals surface area contributed by atoms with E-state index in [0.717, 1.165) is 19.5 Å². The highest BCUT2D eigenvalue weighted by atomic mass is 16.3. The van der Waals surface area contributed by atoms with Crippen molar-refractivity contribution in [3.8, 4) is 0 Å². The van der Waals surface area contributed by atoms with Crippen LogP contribution in [0, 0.1) is 0 Å². The molecule has 0 radical (unpaired) electrons. The van der Waals surface area contributed by atoms with Gasteiger partial charge < -0.3 is 5.11 Å². The van der Waals surface area contributed by atoms with Gasteiger partial charge in [-0.15, -0.1) is 0 Å². The van der Waals surface area contributed by atoms with E-state index in [4.69, 9.17) is 5.11 Å². The Kier molecular flexibility index (Phi) is 4.97. The standard InChI is InChI=1S/C14H23NO/c1-14(2,3)15(10-7-11-16)12-13-8-5-4-6-9-13/h4-6,8-9,16H,7,10-12H2,1-3H3. The summed E-state index contributed by atoms with van der Waals surface area (Å²) in [5.74, 6) is 0. The van der Waals surface area contributed by atoms with Crippen LogP contribution in [0.25, 0.3) is 0 Å². The molecule has 0 aliphatic carbocycles. The van der Waals surface area contributed by atoms with Crippen molar-refractivity contribution in [1.82, 2.24) is 4.90 Å². The Bertz CT molecular complexity index is 289. The van der Waals surface area contributed by atoms with Gasteiger partial charge >= 0.3 is 0 Å². The molecule has 0 unspecified atom stereocenters. The predicted octanol–water partition coefficient (Wildman–Crippen LogP) is 2.67. The molecule has 1 aromatic rings. The summed E-state index contributed by atoms with van der Waals surface area (Å²) >= 11 is 0. The van der Waals surface area contributed by atoms with Crippen LogP contribution in [-0.2, 0) is 6.54 Å². The highest BCUT2D eigenvalue weighted by Gasteiger charge is 2.20. The Labute approximate surface area is 98.9 Å². The Morgan fingerprint density at radius 2 is 1.75 bits per heavy atom. The molecule has 1 rings (SSSR count). The second-order valence-electron chi connectivity index (χ2n) is 5.16. The lowest BCUT2D eigenvalue weighted by Gasteiger charge is -2.35. The minimum atomic E-state index is 0.144. The lowest BCUT2D eigenvalue weighted by atomic mass is 10.0. The lowest BCUT2D eigenvalue weighted by molar-refractivity contribution is 0.115. The molecule has 0 amide bonds. The fraction of sp³-hybridized carbons (Fsp3) is 0.571. The zero-order valence-corrected chi connectivity index (χ0v) is 10.6. The summed E-state index contributed by atoms with van der Waals surface area (Å²) in [6, 6.07) is 10.5. The van der Waals surface area contributed by atoms with Gasteiger partial charge in [-0.25, -0.2) is 0 Å². The van der Waals surface area contributed by atoms with E-state index >= 15 is 0 Å². The van der Waals surface area contributed by atoms with E-state index in [1.807, 2.05) is 6.07 Å². The third-order valence-corrected chi connectivity index (χ3v) is 2.75. The summed E-state index contributed by atoms with van der Waals surface area (Å²) in [6.45, 7) is 8.80. The number of benzene rings is 1. The van der Waals surface area contributed by atoms with Gasteiger partial charge in [-0.05, 0) is 32.8 Å². The molecule has 2 heteroatoms. The van der Waals surface area contributed by atoms with Crippen LogP contribution < -0.4 is 0 Å². The van der Waals surface area contributed by atoms with Crippen LogP contribution in [0.3, 0.4) is 0 Å². The van der Waals surface area contributed by atoms with E-state index in [1.54, 1.807) is 0 Å². The SMILES string of the molecule is CC(C)(C)N(CCCO)Cc1ccccc1. The second kappa shape index (κ2) is 6.02. The predicted molar refractivity (Wildman–Crippen MR) is 68.3 cm³/mol. The largest absolute Gasteiger partial charge is 0.396 e. The van der Waals surface area contributed by atoms with Gasteiger partial charge in [0.15, 0.2) is 0 Å². The van der Waals surface area contributed by atoms with Crippen molar-refractivity contribution in [3.05, 3.63) is 35.9 Å². The maximum Gasteiger partial charge on any atom is 0.0443 e. The molecule has 0 bridgehead atoms. The molecule has 0 aliphatic rings. The number of rotatable bonds is 5. The molecule has 2 nitrogen and oxygen atoms in total. The molecule has 0 spiro atoms. The number of aliphatic hydroxyl groups is 1. The minimum absolute atomic E-state index is 0.144. The van der Waals surface area contributed by atoms with E-state index in [1.165, 1.54) is 5.56 Å². The van der Waals surface area contributed by atoms with Crippen molar-refractivity contribution in [1.29, 1.82) is 0 Å². The summed E-state index contributed by atoms with van der Waals surface area (Å²) in [5.41, 5.74) is 1.47. The zero-order valence-electron chi connectivity index (χ0n) is 10.6. The second-order valence-corrected chi connectivity index (χ2v) is 5.16. The molecular weight excluding hydrogens is 198 g/mol. The highest BCUT2D eigenvalue weighted by Crippen LogP contribution is 2.17. The topological polar surface area (TPSA) is 23.5 Å². The number of aliphatic hydroxyl groups excluding tert-OH is 1. The molecule has 0 heterocycles. The molecule has 0 aromatic heterocycles. The Morgan fingerprint density at radius 3 is 2.25 bits per heavy atom. The smallest absolute Gasteiger partial charge is 0.0443 e. The van der Waals surface area contributed by atoms with Gasteiger partial charge in [-0.3, -0.25) is 4.90 Å². The van der Waals surface area contributed by atoms with Crippen LogP contribution in [0.1, 0.15) is 32.8 Å². The first-order valence-electron chi connectivity index (χ1n) is 5.94. The first-order chi connectivity index (χ1) is 7.54. The van der Waals surface area contributed by atoms with Gasteiger partial charge in [-0.2, -0.15) is 0 Å². The zero-order chi connectivity index (χ0) is 12.0. The van der Waals surface area contributed by atoms with E-state index < -0.39 is 0 Å². The first kappa shape index (κ1) is 13.2. The number of hydrogen-bond donors (Lipinski definition) is 1. The molecule has 0 atom stereocenters. The van der Waals surface area contributed by atoms with Crippen LogP contribution in [-0.4, -0.2) is 28.7 Å². The fourth-order valence-electron chi connectivity index (χ4n) is 1.72. The quantitative estimate of drug-likeness (QED) is 0.826. The summed E-state index contributed by atoms with van der Waals surface area (Å²) in [7, 11) is 0. The van der Waals surface area contributed by atoms with Crippen LogP contribution in [0.2, 0.25) is 0 Å². The average molecular weight is 221 g/mol. The third-order valence-electron chi connectivity index (χ3n) is 2.75. The molecule has 90 valence electrons. The van der Waals surface area contributed by atoms with Gasteiger partial charge in [0.05, 0.1) is 0 Å². The van der Waals surface area contributed by atoms with Crippen LogP contribution >= 0.6 is 0 Å². The Morgan fingerprint density at radius 1 is 1.12 bits per heavy atom. The molecule has 0 aliphatic heterocycles. The van der Waals surface area contributed by atoms with Crippen molar-refractivity contribution in [2.45, 2.75) is 39.3 Å². The van der Waals surface area contributed by atoms with Crippen molar-refractivity contribution < 1.29 is 5.11 Å². The highest BCUT2D eigenvalue weighted by molar-refractivity contribution is 5.14. The molecule has 16 heavy (non-hydrogen) atoms. The van der Waals surface area contributed by atoms with Gasteiger partial charge in [0.25, 0.3) is 0 Å². The number of hydrogen-bond acceptors (Lipinski definition) is 2. The van der Waals surface area contributed by atoms with Crippen molar-refractivity contribution in [3.63, 3.8) is 0 Å². The van der Waals surface area contributed by atoms with Crippen molar-refractivity contribution >= 4 is 0 Å². The first-order valence-corrected chi connectivity index (χ1v) is 5.94. The van der Waals surface area contributed by atoms with Crippen LogP contribution in [0.4, 0.5) is 0 Å². The summed E-state index contributed by atoms with van der Waals surface area (Å²) in [5, 5.41) is 8.92. The molecular formula is C14H23NO. The van der Waals surface area contributed by atoms with Gasteiger partial charge in [0.1, 0.15) is 0 Å². The maximum atomic E-state index is 8.92. The normalized spacial score (nSPS) is 12.1. The summed E-state index contributed by atoms with van der Waals surface area (Å²) < 4.78 is 0. The molecule has 1 N–H and O–H groups in total. The fourth-order valence-corrected chi connectivity index (χ4v) is 1.72. The molecule has 0 fully saturated rings. The van der Waals surface area contributed by atoms with Crippen LogP contribution in [0.5, 0.6) is 0 Å². The van der Waals surface area contributed by atoms with Crippen LogP contribution in [0.15, 0.2) is 30.3 Å². The van der Waals surface area contributed by atoms with E-state index in [-0.39, 0.29) is 12.1 Å². The Balaban J connectivity index is 2.64. The number of nitrogens with zero attached hydrogens (tertiary/aromatic N) is 1. The monoisotopic (exact) mass is 221 g/mol. The van der Waals surface area contributed by atoms with E-state index in [0.29, 0.717) is 0 Å². The minimum Gasteiger partial charge on any atom is -0.396 e. The average Bonchev–Trinajstić information content (AvgIpc) is 2.24. The Hall–Kier alpha value is -0.860. The van der Waals surface area contributed by atoms with Gasteiger partial charge in [-0.1, -0.05) is 30.3 Å². The van der Waals surface area contributed by atoms with Crippen molar-refractivity contribution in [2.75, 3.05) is 13.2 Å². The maximum absolute atomic E-state index is 8.92. The van der Waals surface area contributed by atoms with Gasteiger partial charge in [0.2, 0.25) is 0 Å². The summed E-state index contributed by atoms with van der Waals surface area (Å²) in [4.78, 5) is 2.40. The third kappa shape index (κ3) is 4.33. The van der Waals surface area contributed by atoms with Crippen molar-refractivity contribution in [2.24, 2.45) is 0 Å². The molecule has 0 saturated carbocycles. The molecule has 0 saturated heterocycles. The van der Waals surface area contributed by atoms with E-state index in [2.05, 4.69) is 49.9 Å². The molecule has 1 aromatic carbocycles.